The quantitative estimate of drug-likeness (QED) is 0.410. The zero-order chi connectivity index (χ0) is 21.1. The highest BCUT2D eigenvalue weighted by atomic mass is 16.5. The van der Waals surface area contributed by atoms with E-state index in [0.717, 1.165) is 63.0 Å². The molecule has 7 heteroatoms. The maximum atomic E-state index is 9.31. The van der Waals surface area contributed by atoms with Crippen molar-refractivity contribution >= 4 is 11.8 Å². The highest BCUT2D eigenvalue weighted by Crippen LogP contribution is 2.16. The molecule has 1 aromatic heterocycles. The minimum atomic E-state index is 0.229. The maximum absolute atomic E-state index is 9.31. The van der Waals surface area contributed by atoms with Crippen LogP contribution in [0.2, 0.25) is 0 Å². The molecule has 1 aliphatic rings. The Hall–Kier alpha value is -1.86. The van der Waals surface area contributed by atoms with Crippen molar-refractivity contribution in [3.8, 4) is 0 Å². The summed E-state index contributed by atoms with van der Waals surface area (Å²) in [6.07, 6.45) is 4.07. The maximum Gasteiger partial charge on any atom is 0.191 e. The summed E-state index contributed by atoms with van der Waals surface area (Å²) < 4.78 is 5.60. The van der Waals surface area contributed by atoms with Gasteiger partial charge in [0.25, 0.3) is 0 Å². The van der Waals surface area contributed by atoms with Crippen LogP contribution in [-0.2, 0) is 11.3 Å². The van der Waals surface area contributed by atoms with Crippen molar-refractivity contribution < 1.29 is 9.84 Å². The third-order valence-corrected chi connectivity index (χ3v) is 5.04. The van der Waals surface area contributed by atoms with Crippen LogP contribution in [0.3, 0.4) is 0 Å². The molecule has 3 N–H and O–H groups in total. The Kier molecular flexibility index (Phi) is 10.2. The molecule has 1 fully saturated rings. The van der Waals surface area contributed by atoms with Crippen molar-refractivity contribution in [2.45, 2.75) is 53.2 Å². The number of pyridine rings is 1. The van der Waals surface area contributed by atoms with Crippen molar-refractivity contribution in [2.75, 3.05) is 44.3 Å². The topological polar surface area (TPSA) is 82.0 Å². The summed E-state index contributed by atoms with van der Waals surface area (Å²) in [5, 5.41) is 16.1. The van der Waals surface area contributed by atoms with Gasteiger partial charge >= 0.3 is 0 Å². The van der Waals surface area contributed by atoms with Crippen LogP contribution < -0.4 is 15.5 Å². The lowest BCUT2D eigenvalue weighted by Gasteiger charge is -2.32. The normalized spacial score (nSPS) is 18.8. The number of hydrogen-bond donors (Lipinski definition) is 3. The smallest absolute Gasteiger partial charge is 0.191 e. The van der Waals surface area contributed by atoms with Gasteiger partial charge in [-0.15, -0.1) is 0 Å². The number of nitrogens with zero attached hydrogens (tertiary/aromatic N) is 3. The fourth-order valence-corrected chi connectivity index (χ4v) is 3.63. The number of hydrogen-bond acceptors (Lipinski definition) is 5. The van der Waals surface area contributed by atoms with E-state index in [9.17, 15) is 5.11 Å². The van der Waals surface area contributed by atoms with E-state index in [1.165, 1.54) is 0 Å². The Labute approximate surface area is 176 Å². The summed E-state index contributed by atoms with van der Waals surface area (Å²) in [5.41, 5.74) is 1.08. The van der Waals surface area contributed by atoms with Gasteiger partial charge in [0, 0.05) is 39.0 Å². The summed E-state index contributed by atoms with van der Waals surface area (Å²) in [7, 11) is 0. The minimum Gasteiger partial charge on any atom is -0.396 e. The van der Waals surface area contributed by atoms with Crippen LogP contribution in [0, 0.1) is 11.8 Å². The molecule has 164 valence electrons. The molecule has 1 aromatic rings. The first-order valence-corrected chi connectivity index (χ1v) is 11.0. The van der Waals surface area contributed by atoms with E-state index in [1.807, 2.05) is 6.20 Å². The highest BCUT2D eigenvalue weighted by Gasteiger charge is 2.17. The molecule has 0 saturated carbocycles. The molecule has 2 atom stereocenters. The average Bonchev–Trinajstić information content (AvgIpc) is 2.70. The van der Waals surface area contributed by atoms with Gasteiger partial charge in [0.05, 0.1) is 19.3 Å². The number of rotatable bonds is 10. The number of aliphatic imine (C=N–C) groups is 1. The van der Waals surface area contributed by atoms with Gasteiger partial charge in [-0.05, 0) is 50.2 Å². The molecule has 2 unspecified atom stereocenters. The molecule has 0 radical (unpaired) electrons. The molecule has 7 nitrogen and oxygen atoms in total. The number of ether oxygens (including phenoxy) is 1. The minimum absolute atomic E-state index is 0.229. The molecule has 2 heterocycles. The first-order valence-electron chi connectivity index (χ1n) is 11.0. The fraction of sp³-hybridized carbons (Fsp3) is 0.727. The van der Waals surface area contributed by atoms with Crippen LogP contribution >= 0.6 is 0 Å². The summed E-state index contributed by atoms with van der Waals surface area (Å²) in [6, 6.07) is 4.17. The monoisotopic (exact) mass is 405 g/mol. The van der Waals surface area contributed by atoms with Gasteiger partial charge in [-0.1, -0.05) is 19.9 Å². The van der Waals surface area contributed by atoms with E-state index in [2.05, 4.69) is 60.3 Å². The third-order valence-electron chi connectivity index (χ3n) is 5.04. The molecule has 29 heavy (non-hydrogen) atoms. The van der Waals surface area contributed by atoms with Gasteiger partial charge in [0.15, 0.2) is 5.96 Å². The van der Waals surface area contributed by atoms with Crippen LogP contribution in [0.4, 0.5) is 5.82 Å². The van der Waals surface area contributed by atoms with Gasteiger partial charge in [0.1, 0.15) is 5.82 Å². The number of aliphatic hydroxyl groups excluding tert-OH is 1. The first-order chi connectivity index (χ1) is 14.0. The molecule has 0 aromatic carbocycles. The van der Waals surface area contributed by atoms with Gasteiger partial charge in [-0.3, -0.25) is 0 Å². The standard InChI is InChI=1S/C22H39N5O2/c1-5-23-22(25-13-19(8-10-28)12-17(2)3)26-15-20-6-7-21(24-14-20)27-9-11-29-18(4)16-27/h6-7,14,17-19,28H,5,8-13,15-16H2,1-4H3,(H2,23,25,26). The molecule has 1 saturated heterocycles. The number of guanidine groups is 1. The molecule has 0 aliphatic carbocycles. The molecule has 0 bridgehead atoms. The Balaban J connectivity index is 1.91. The number of nitrogens with one attached hydrogen (secondary N) is 2. The Morgan fingerprint density at radius 1 is 1.38 bits per heavy atom. The second-order valence-corrected chi connectivity index (χ2v) is 8.24. The molecule has 2 rings (SSSR count). The summed E-state index contributed by atoms with van der Waals surface area (Å²) in [6.45, 7) is 13.6. The molecular formula is C22H39N5O2. The van der Waals surface area contributed by atoms with Gasteiger partial charge in [0.2, 0.25) is 0 Å². The van der Waals surface area contributed by atoms with E-state index in [-0.39, 0.29) is 12.7 Å². The number of aromatic nitrogens is 1. The second-order valence-electron chi connectivity index (χ2n) is 8.24. The van der Waals surface area contributed by atoms with Gasteiger partial charge in [-0.2, -0.15) is 0 Å². The Morgan fingerprint density at radius 2 is 2.21 bits per heavy atom. The predicted octanol–water partition coefficient (Wildman–Crippen LogP) is 2.41. The average molecular weight is 406 g/mol. The SMILES string of the molecule is CCNC(=NCc1ccc(N2CCOC(C)C2)nc1)NCC(CCO)CC(C)C. The van der Waals surface area contributed by atoms with Crippen molar-refractivity contribution in [3.05, 3.63) is 23.9 Å². The van der Waals surface area contributed by atoms with Gasteiger partial charge < -0.3 is 25.4 Å². The second kappa shape index (κ2) is 12.6. The van der Waals surface area contributed by atoms with Crippen LogP contribution in [0.25, 0.3) is 0 Å². The molecular weight excluding hydrogens is 366 g/mol. The number of morpholine rings is 1. The van der Waals surface area contributed by atoms with E-state index in [4.69, 9.17) is 9.73 Å². The summed E-state index contributed by atoms with van der Waals surface area (Å²) in [4.78, 5) is 11.6. The lowest BCUT2D eigenvalue weighted by Crippen LogP contribution is -2.41. The van der Waals surface area contributed by atoms with E-state index in [1.54, 1.807) is 0 Å². The van der Waals surface area contributed by atoms with Crippen LogP contribution in [-0.4, -0.2) is 61.5 Å². The third kappa shape index (κ3) is 8.58. The zero-order valence-electron chi connectivity index (χ0n) is 18.5. The van der Waals surface area contributed by atoms with E-state index in [0.29, 0.717) is 18.4 Å². The zero-order valence-corrected chi connectivity index (χ0v) is 18.5. The van der Waals surface area contributed by atoms with Crippen molar-refractivity contribution in [1.82, 2.24) is 15.6 Å². The first kappa shape index (κ1) is 23.4. The Morgan fingerprint density at radius 3 is 2.83 bits per heavy atom. The van der Waals surface area contributed by atoms with Crippen molar-refractivity contribution in [1.29, 1.82) is 0 Å². The lowest BCUT2D eigenvalue weighted by molar-refractivity contribution is 0.0529. The molecule has 0 spiro atoms. The van der Waals surface area contributed by atoms with E-state index >= 15 is 0 Å². The molecule has 0 amide bonds. The summed E-state index contributed by atoms with van der Waals surface area (Å²) >= 11 is 0. The largest absolute Gasteiger partial charge is 0.396 e. The van der Waals surface area contributed by atoms with Crippen LogP contribution in [0.1, 0.15) is 46.1 Å². The van der Waals surface area contributed by atoms with Crippen molar-refractivity contribution in [3.63, 3.8) is 0 Å². The Bertz CT molecular complexity index is 606. The molecule has 1 aliphatic heterocycles. The summed E-state index contributed by atoms with van der Waals surface area (Å²) in [5.74, 6) is 2.87. The lowest BCUT2D eigenvalue weighted by atomic mass is 9.94. The number of aliphatic hydroxyl groups is 1. The van der Waals surface area contributed by atoms with Crippen LogP contribution in [0.15, 0.2) is 23.3 Å². The van der Waals surface area contributed by atoms with Crippen LogP contribution in [0.5, 0.6) is 0 Å². The van der Waals surface area contributed by atoms with Gasteiger partial charge in [-0.25, -0.2) is 9.98 Å². The predicted molar refractivity (Wildman–Crippen MR) is 119 cm³/mol. The highest BCUT2D eigenvalue weighted by molar-refractivity contribution is 5.79. The van der Waals surface area contributed by atoms with Crippen molar-refractivity contribution in [2.24, 2.45) is 16.8 Å². The number of anilines is 1. The fourth-order valence-electron chi connectivity index (χ4n) is 3.63. The van der Waals surface area contributed by atoms with E-state index < -0.39 is 0 Å².